The van der Waals surface area contributed by atoms with Crippen molar-refractivity contribution >= 4 is 58.9 Å². The lowest BCUT2D eigenvalue weighted by molar-refractivity contribution is -0.176. The molecule has 0 unspecified atom stereocenters. The molecule has 3 aromatic rings. The molecule has 0 radical (unpaired) electrons. The minimum absolute atomic E-state index is 0.147. The Morgan fingerprint density at radius 2 is 1.49 bits per heavy atom. The van der Waals surface area contributed by atoms with Crippen LogP contribution in [0.5, 0.6) is 5.75 Å². The Morgan fingerprint density at radius 1 is 0.868 bits per heavy atom. The smallest absolute Gasteiger partial charge is 0.343 e. The number of rotatable bonds is 11. The standard InChI is InChI=1S/C30H21F4N3O13S3/c31-17-11-18(32)23(34)26(22(17)33)50-30(40)12-2-3-13(16(10-12)29(38)39)21-14-4-6-19(35)27(52(44,45)37-8-1-9-51(41,42)43)24(14)49-25-15(21)5-7-20(36)28(25)53(46,47)48/h2-7,10-11,35,37H,1,8-9,36H2,(H,38,39)(H,41,42,43)(H,46,47,48)/p+1. The summed E-state index contributed by atoms with van der Waals surface area (Å²) in [5.74, 6) is -14.9. The number of halogens is 4. The highest BCUT2D eigenvalue weighted by Crippen LogP contribution is 2.45. The number of hydrogen-bond donors (Lipinski definition) is 6. The molecule has 0 bridgehead atoms. The van der Waals surface area contributed by atoms with Gasteiger partial charge in [-0.15, -0.1) is 0 Å². The number of anilines is 1. The van der Waals surface area contributed by atoms with E-state index in [0.29, 0.717) is 6.07 Å². The van der Waals surface area contributed by atoms with Gasteiger partial charge in [0.2, 0.25) is 22.7 Å². The van der Waals surface area contributed by atoms with Crippen LogP contribution in [0.1, 0.15) is 27.1 Å². The second-order valence-corrected chi connectivity index (χ2v) is 15.6. The molecule has 1 heterocycles. The monoisotopic (exact) mass is 804 g/mol. The zero-order valence-electron chi connectivity index (χ0n) is 26.1. The highest BCUT2D eigenvalue weighted by molar-refractivity contribution is 7.89. The number of hydrogen-bond acceptors (Lipinski definition) is 11. The van der Waals surface area contributed by atoms with E-state index in [4.69, 9.17) is 20.1 Å². The van der Waals surface area contributed by atoms with Gasteiger partial charge in [-0.25, -0.2) is 31.5 Å². The summed E-state index contributed by atoms with van der Waals surface area (Å²) in [5.41, 5.74) is 1.83. The van der Waals surface area contributed by atoms with Crippen molar-refractivity contribution in [3.05, 3.63) is 88.3 Å². The lowest BCUT2D eigenvalue weighted by atomic mass is 9.89. The molecule has 0 aromatic heterocycles. The van der Waals surface area contributed by atoms with Crippen molar-refractivity contribution in [2.24, 2.45) is 0 Å². The van der Waals surface area contributed by atoms with Gasteiger partial charge in [-0.1, -0.05) is 6.07 Å². The molecule has 0 amide bonds. The number of benzene rings is 4. The number of carbonyl (C=O) groups excluding carboxylic acids is 1. The zero-order valence-corrected chi connectivity index (χ0v) is 28.5. The Labute approximate surface area is 294 Å². The van der Waals surface area contributed by atoms with Crippen LogP contribution in [-0.4, -0.2) is 63.7 Å². The van der Waals surface area contributed by atoms with E-state index in [2.05, 4.69) is 4.74 Å². The molecule has 1 aliphatic heterocycles. The van der Waals surface area contributed by atoms with Crippen LogP contribution in [0.3, 0.4) is 0 Å². The Balaban J connectivity index is 1.79. The minimum Gasteiger partial charge on any atom is -0.478 e. The number of nitrogens with one attached hydrogen (secondary N) is 1. The number of fused-ring (bicyclic) bond motifs is 2. The number of nitrogen functional groups attached to an aromatic ring is 1. The summed E-state index contributed by atoms with van der Waals surface area (Å²) in [5, 5.41) is 15.4. The molecule has 0 atom stereocenters. The summed E-state index contributed by atoms with van der Waals surface area (Å²) < 4.78 is 162. The van der Waals surface area contributed by atoms with Crippen LogP contribution in [-0.2, 0) is 30.3 Å². The first-order valence-corrected chi connectivity index (χ1v) is 18.8. The van der Waals surface area contributed by atoms with Gasteiger partial charge in [0.15, 0.2) is 32.8 Å². The Hall–Kier alpha value is -5.46. The molecule has 0 saturated carbocycles. The molecule has 2 aliphatic rings. The maximum Gasteiger partial charge on any atom is 0.343 e. The average Bonchev–Trinajstić information content (AvgIpc) is 3.05. The van der Waals surface area contributed by atoms with Crippen LogP contribution in [0.25, 0.3) is 33.4 Å². The number of esters is 1. The molecular weight excluding hydrogens is 783 g/mol. The number of carboxylic acid groups (broad SMARTS) is 1. The van der Waals surface area contributed by atoms with E-state index >= 15 is 0 Å². The van der Waals surface area contributed by atoms with E-state index in [-0.39, 0.29) is 22.6 Å². The fourth-order valence-corrected chi connectivity index (χ4v) is 7.82. The lowest BCUT2D eigenvalue weighted by Crippen LogP contribution is -2.49. The predicted octanol–water partition coefficient (Wildman–Crippen LogP) is 1.72. The number of carboxylic acids is 1. The van der Waals surface area contributed by atoms with Crippen molar-refractivity contribution in [2.75, 3.05) is 18.0 Å². The van der Waals surface area contributed by atoms with Crippen LogP contribution in [0.2, 0.25) is 0 Å². The highest BCUT2D eigenvalue weighted by atomic mass is 32.2. The van der Waals surface area contributed by atoms with Crippen molar-refractivity contribution < 1.29 is 81.2 Å². The molecule has 16 nitrogen and oxygen atoms in total. The Bertz CT molecular complexity index is 2730. The number of ether oxygens (including phenoxy) is 1. The molecule has 23 heteroatoms. The van der Waals surface area contributed by atoms with Crippen molar-refractivity contribution in [2.45, 2.75) is 16.2 Å². The SMILES string of the molecule is Nc1ccc2c(-c3ccc(C(=O)Oc4c(F)c(F)cc(F)c4F)cc3C(=O)O)c3ccc(=[NH2+])c(S(=O)(=O)NCCCS(=O)(=O)O)c-3oc2c1S(=O)(=O)O. The molecule has 1 aliphatic carbocycles. The van der Waals surface area contributed by atoms with Crippen molar-refractivity contribution in [3.8, 4) is 28.2 Å². The summed E-state index contributed by atoms with van der Waals surface area (Å²) in [6.07, 6.45) is -0.429. The lowest BCUT2D eigenvalue weighted by Gasteiger charge is -2.20. The number of carbonyl (C=O) groups is 2. The molecule has 8 N–H and O–H groups in total. The van der Waals surface area contributed by atoms with E-state index in [0.717, 1.165) is 36.4 Å². The fraction of sp³-hybridized carbons (Fsp3) is 0.100. The summed E-state index contributed by atoms with van der Waals surface area (Å²) in [6, 6.07) is 6.49. The average molecular weight is 805 g/mol. The van der Waals surface area contributed by atoms with Gasteiger partial charge in [0, 0.05) is 35.2 Å². The molecule has 0 saturated heterocycles. The van der Waals surface area contributed by atoms with Crippen LogP contribution in [0.4, 0.5) is 23.2 Å². The molecule has 280 valence electrons. The second-order valence-electron chi connectivity index (χ2n) is 11.0. The molecule has 5 rings (SSSR count). The molecule has 3 aromatic carbocycles. The van der Waals surface area contributed by atoms with Gasteiger partial charge < -0.3 is 20.0 Å². The van der Waals surface area contributed by atoms with Gasteiger partial charge in [0.1, 0.15) is 0 Å². The third-order valence-electron chi connectivity index (χ3n) is 7.45. The first kappa shape index (κ1) is 38.8. The van der Waals surface area contributed by atoms with Gasteiger partial charge in [0.25, 0.3) is 30.3 Å². The summed E-state index contributed by atoms with van der Waals surface area (Å²) in [7, 11) is -14.6. The van der Waals surface area contributed by atoms with Gasteiger partial charge in [-0.05, 0) is 42.3 Å². The molecule has 0 fully saturated rings. The van der Waals surface area contributed by atoms with Crippen LogP contribution >= 0.6 is 0 Å². The van der Waals surface area contributed by atoms with Gasteiger partial charge in [-0.3, -0.25) is 14.5 Å². The van der Waals surface area contributed by atoms with Crippen molar-refractivity contribution in [1.82, 2.24) is 4.72 Å². The molecule has 53 heavy (non-hydrogen) atoms. The number of nitrogens with two attached hydrogens (primary N) is 2. The van der Waals surface area contributed by atoms with Gasteiger partial charge >= 0.3 is 11.9 Å². The fourth-order valence-electron chi connectivity index (χ4n) is 5.22. The summed E-state index contributed by atoms with van der Waals surface area (Å²) >= 11 is 0. The van der Waals surface area contributed by atoms with Crippen molar-refractivity contribution in [1.29, 1.82) is 0 Å². The third kappa shape index (κ3) is 7.56. The molecular formula is C30H22F4N3O13S3+. The van der Waals surface area contributed by atoms with E-state index < -0.39 is 139 Å². The molecule has 0 spiro atoms. The topological polar surface area (TPSA) is 283 Å². The van der Waals surface area contributed by atoms with Crippen LogP contribution in [0.15, 0.2) is 62.7 Å². The first-order valence-electron chi connectivity index (χ1n) is 14.3. The van der Waals surface area contributed by atoms with E-state index in [9.17, 15) is 62.1 Å². The maximum absolute atomic E-state index is 14.2. The van der Waals surface area contributed by atoms with E-state index in [1.54, 1.807) is 0 Å². The van der Waals surface area contributed by atoms with Crippen LogP contribution in [0, 0.1) is 23.3 Å². The quantitative estimate of drug-likeness (QED) is 0.0162. The van der Waals surface area contributed by atoms with E-state index in [1.165, 1.54) is 0 Å². The second kappa shape index (κ2) is 13.8. The highest BCUT2D eigenvalue weighted by Gasteiger charge is 2.34. The largest absolute Gasteiger partial charge is 0.478 e. The van der Waals surface area contributed by atoms with Gasteiger partial charge in [0.05, 0.1) is 22.6 Å². The third-order valence-corrected chi connectivity index (χ3v) is 10.7. The Morgan fingerprint density at radius 3 is 2.08 bits per heavy atom. The summed E-state index contributed by atoms with van der Waals surface area (Å²) in [6.45, 7) is -0.585. The summed E-state index contributed by atoms with van der Waals surface area (Å²) in [4.78, 5) is 23.6. The van der Waals surface area contributed by atoms with Crippen LogP contribution < -0.4 is 26.0 Å². The Kier molecular flexibility index (Phi) is 10.1. The number of aromatic carboxylic acids is 1. The maximum atomic E-state index is 14.2. The van der Waals surface area contributed by atoms with Gasteiger partial charge in [-0.2, -0.15) is 25.6 Å². The predicted molar refractivity (Wildman–Crippen MR) is 172 cm³/mol. The first-order chi connectivity index (χ1) is 24.5. The number of sulfonamides is 1. The minimum atomic E-state index is -5.29. The van der Waals surface area contributed by atoms with Crippen molar-refractivity contribution in [3.63, 3.8) is 0 Å². The van der Waals surface area contributed by atoms with E-state index in [1.807, 2.05) is 4.72 Å². The zero-order chi connectivity index (χ0) is 39.4. The normalized spacial score (nSPS) is 12.3.